The smallest absolute Gasteiger partial charge is 0.338 e. The van der Waals surface area contributed by atoms with Crippen molar-refractivity contribution in [2.24, 2.45) is 5.41 Å². The summed E-state index contributed by atoms with van der Waals surface area (Å²) in [5.41, 5.74) is 4.05. The highest BCUT2D eigenvalue weighted by Crippen LogP contribution is 2.33. The van der Waals surface area contributed by atoms with Crippen LogP contribution in [0, 0.1) is 12.3 Å². The molecule has 182 valence electrons. The minimum atomic E-state index is -0.671. The molecule has 0 bridgehead atoms. The number of hydrogen-bond acceptors (Lipinski definition) is 9. The van der Waals surface area contributed by atoms with Crippen molar-refractivity contribution in [3.63, 3.8) is 0 Å². The number of carbonyl (C=O) groups excluding carboxylic acids is 2. The van der Waals surface area contributed by atoms with E-state index in [1.165, 1.54) is 11.0 Å². The van der Waals surface area contributed by atoms with Crippen molar-refractivity contribution >= 4 is 11.9 Å². The maximum Gasteiger partial charge on any atom is 0.338 e. The first kappa shape index (κ1) is 23.1. The molecule has 11 nitrogen and oxygen atoms in total. The van der Waals surface area contributed by atoms with Crippen LogP contribution in [0.5, 0.6) is 0 Å². The second-order valence-corrected chi connectivity index (χ2v) is 9.53. The lowest BCUT2D eigenvalue weighted by Gasteiger charge is -2.26. The third-order valence-corrected chi connectivity index (χ3v) is 6.90. The second kappa shape index (κ2) is 9.16. The summed E-state index contributed by atoms with van der Waals surface area (Å²) in [5, 5.41) is 24.9. The fourth-order valence-electron chi connectivity index (χ4n) is 4.82. The molecule has 0 saturated carbocycles. The molecule has 2 atom stereocenters. The summed E-state index contributed by atoms with van der Waals surface area (Å²) in [6.07, 6.45) is 3.24. The molecule has 2 aliphatic heterocycles. The largest absolute Gasteiger partial charge is 0.457 e. The summed E-state index contributed by atoms with van der Waals surface area (Å²) in [6, 6.07) is 6.94. The topological polar surface area (TPSA) is 135 Å². The number of ether oxygens (including phenoxy) is 1. The van der Waals surface area contributed by atoms with Crippen LogP contribution < -0.4 is 5.32 Å². The van der Waals surface area contributed by atoms with Gasteiger partial charge in [0.25, 0.3) is 5.91 Å². The van der Waals surface area contributed by atoms with Crippen molar-refractivity contribution in [3.05, 3.63) is 64.7 Å². The van der Waals surface area contributed by atoms with Crippen molar-refractivity contribution in [1.82, 2.24) is 35.4 Å². The second-order valence-electron chi connectivity index (χ2n) is 9.53. The molecule has 2 N–H and O–H groups in total. The third-order valence-electron chi connectivity index (χ3n) is 6.90. The molecule has 35 heavy (non-hydrogen) atoms. The Morgan fingerprint density at radius 3 is 2.91 bits per heavy atom. The molecule has 1 aromatic carbocycles. The van der Waals surface area contributed by atoms with Crippen LogP contribution in [0.2, 0.25) is 0 Å². The van der Waals surface area contributed by atoms with Gasteiger partial charge in [0.15, 0.2) is 0 Å². The van der Waals surface area contributed by atoms with Crippen LogP contribution >= 0.6 is 0 Å². The van der Waals surface area contributed by atoms with Crippen LogP contribution in [-0.2, 0) is 11.3 Å². The molecule has 0 spiro atoms. The molecule has 1 fully saturated rings. The molecule has 1 amide bonds. The Bertz CT molecular complexity index is 1250. The lowest BCUT2D eigenvalue weighted by Crippen LogP contribution is -2.38. The van der Waals surface area contributed by atoms with Gasteiger partial charge in [-0.15, -0.1) is 5.10 Å². The molecule has 3 aromatic rings. The highest BCUT2D eigenvalue weighted by atomic mass is 16.5. The number of benzene rings is 1. The Balaban J connectivity index is 1.15. The zero-order chi connectivity index (χ0) is 24.6. The van der Waals surface area contributed by atoms with Gasteiger partial charge in [-0.3, -0.25) is 9.69 Å². The van der Waals surface area contributed by atoms with Crippen molar-refractivity contribution in [1.29, 1.82) is 0 Å². The number of pyridine rings is 1. The lowest BCUT2D eigenvalue weighted by molar-refractivity contribution is 0.0534. The quantitative estimate of drug-likeness (QED) is 0.481. The van der Waals surface area contributed by atoms with Gasteiger partial charge in [-0.1, -0.05) is 13.0 Å². The van der Waals surface area contributed by atoms with Crippen LogP contribution in [0.15, 0.2) is 36.8 Å². The predicted octanol–water partition coefficient (Wildman–Crippen LogP) is 1.21. The Labute approximate surface area is 202 Å². The fraction of sp³-hybridized carbons (Fsp3) is 0.417. The Kier molecular flexibility index (Phi) is 6.03. The number of esters is 1. The fourth-order valence-corrected chi connectivity index (χ4v) is 4.82. The van der Waals surface area contributed by atoms with Gasteiger partial charge in [0.2, 0.25) is 0 Å². The number of aromatic nitrogens is 5. The van der Waals surface area contributed by atoms with E-state index in [9.17, 15) is 14.7 Å². The average molecular weight is 478 g/mol. The van der Waals surface area contributed by atoms with Gasteiger partial charge in [0, 0.05) is 25.2 Å². The first-order valence-corrected chi connectivity index (χ1v) is 11.5. The van der Waals surface area contributed by atoms with Crippen LogP contribution in [0.4, 0.5) is 0 Å². The van der Waals surface area contributed by atoms with Crippen LogP contribution in [0.3, 0.4) is 0 Å². The van der Waals surface area contributed by atoms with Gasteiger partial charge in [0.1, 0.15) is 18.6 Å². The standard InChI is InChI=1S/C24H27N7O4/c1-15-17(4-5-18-19(15)11-35-23(18)34)21(32)10-30-8-7-24(2,13-30)12-26-22(33)20-6-3-16(9-25-20)31-14-27-28-29-31/h3-6,9,14,21,32H,7-8,10-13H2,1-2H3,(H,26,33)/t21-,24?/m0/s1. The van der Waals surface area contributed by atoms with E-state index in [0.717, 1.165) is 36.2 Å². The number of aliphatic hydroxyl groups excluding tert-OH is 1. The van der Waals surface area contributed by atoms with E-state index in [4.69, 9.17) is 4.74 Å². The summed E-state index contributed by atoms with van der Waals surface area (Å²) in [7, 11) is 0. The van der Waals surface area contributed by atoms with Gasteiger partial charge in [-0.2, -0.15) is 4.68 Å². The molecule has 1 unspecified atom stereocenters. The number of fused-ring (bicyclic) bond motifs is 1. The molecule has 2 aromatic heterocycles. The zero-order valence-corrected chi connectivity index (χ0v) is 19.6. The maximum absolute atomic E-state index is 12.6. The van der Waals surface area contributed by atoms with E-state index >= 15 is 0 Å². The van der Waals surface area contributed by atoms with E-state index in [1.54, 1.807) is 24.4 Å². The number of likely N-dealkylation sites (tertiary alicyclic amines) is 1. The van der Waals surface area contributed by atoms with Gasteiger partial charge in [0.05, 0.1) is 23.6 Å². The number of nitrogens with zero attached hydrogens (tertiary/aromatic N) is 6. The number of carbonyl (C=O) groups is 2. The molecular weight excluding hydrogens is 450 g/mol. The Morgan fingerprint density at radius 1 is 1.31 bits per heavy atom. The summed E-state index contributed by atoms with van der Waals surface area (Å²) >= 11 is 0. The van der Waals surface area contributed by atoms with E-state index in [1.807, 2.05) is 13.0 Å². The van der Waals surface area contributed by atoms with Crippen LogP contribution in [-0.4, -0.2) is 73.3 Å². The van der Waals surface area contributed by atoms with E-state index in [-0.39, 0.29) is 23.9 Å². The number of cyclic esters (lactones) is 1. The summed E-state index contributed by atoms with van der Waals surface area (Å²) in [6.45, 7) is 6.89. The number of tetrazole rings is 1. The number of hydrogen-bond donors (Lipinski definition) is 2. The van der Waals surface area contributed by atoms with Crippen LogP contribution in [0.25, 0.3) is 5.69 Å². The molecule has 1 saturated heterocycles. The molecular formula is C24H27N7O4. The molecule has 5 rings (SSSR count). The maximum atomic E-state index is 12.6. The zero-order valence-electron chi connectivity index (χ0n) is 19.6. The van der Waals surface area contributed by atoms with Gasteiger partial charge < -0.3 is 15.2 Å². The Morgan fingerprint density at radius 2 is 2.17 bits per heavy atom. The number of amides is 1. The van der Waals surface area contributed by atoms with Gasteiger partial charge in [-0.05, 0) is 65.1 Å². The van der Waals surface area contributed by atoms with Crippen LogP contribution in [0.1, 0.15) is 57.0 Å². The lowest BCUT2D eigenvalue weighted by atomic mass is 9.89. The molecule has 0 radical (unpaired) electrons. The van der Waals surface area contributed by atoms with Crippen molar-refractivity contribution in [3.8, 4) is 5.69 Å². The highest BCUT2D eigenvalue weighted by molar-refractivity contribution is 5.94. The first-order chi connectivity index (χ1) is 16.8. The molecule has 11 heteroatoms. The number of β-amino-alcohol motifs (C(OH)–C–C–N with tert-alkyl or cyclic N) is 1. The molecule has 4 heterocycles. The third kappa shape index (κ3) is 4.64. The normalized spacial score (nSPS) is 20.5. The highest BCUT2D eigenvalue weighted by Gasteiger charge is 2.35. The summed E-state index contributed by atoms with van der Waals surface area (Å²) in [5.74, 6) is -0.543. The number of aliphatic hydroxyl groups is 1. The monoisotopic (exact) mass is 477 g/mol. The number of rotatable bonds is 7. The molecule has 0 aliphatic carbocycles. The van der Waals surface area contributed by atoms with Crippen molar-refractivity contribution in [2.75, 3.05) is 26.2 Å². The minimum absolute atomic E-state index is 0.116. The van der Waals surface area contributed by atoms with Gasteiger partial charge in [-0.25, -0.2) is 9.78 Å². The average Bonchev–Trinajstić information content (AvgIpc) is 3.60. The summed E-state index contributed by atoms with van der Waals surface area (Å²) in [4.78, 5) is 30.8. The van der Waals surface area contributed by atoms with E-state index in [2.05, 4.69) is 37.6 Å². The van der Waals surface area contributed by atoms with E-state index in [0.29, 0.717) is 30.0 Å². The minimum Gasteiger partial charge on any atom is -0.457 e. The first-order valence-electron chi connectivity index (χ1n) is 11.5. The predicted molar refractivity (Wildman–Crippen MR) is 124 cm³/mol. The Hall–Kier alpha value is -3.70. The number of nitrogens with one attached hydrogen (secondary N) is 1. The van der Waals surface area contributed by atoms with E-state index < -0.39 is 6.10 Å². The SMILES string of the molecule is Cc1c([C@@H](O)CN2CCC(C)(CNC(=O)c3ccc(-n4cnnn4)cn3)C2)ccc2c1COC2=O. The van der Waals surface area contributed by atoms with Crippen molar-refractivity contribution in [2.45, 2.75) is 33.0 Å². The van der Waals surface area contributed by atoms with Crippen molar-refractivity contribution < 1.29 is 19.4 Å². The van der Waals surface area contributed by atoms with Gasteiger partial charge >= 0.3 is 5.97 Å². The molecule has 2 aliphatic rings. The summed E-state index contributed by atoms with van der Waals surface area (Å²) < 4.78 is 6.59.